The molecule has 1 fully saturated rings. The second-order valence-electron chi connectivity index (χ2n) is 7.80. The van der Waals surface area contributed by atoms with Gasteiger partial charge >= 0.3 is 0 Å². The number of nitrogens with one attached hydrogen (secondary N) is 1. The summed E-state index contributed by atoms with van der Waals surface area (Å²) in [6.45, 7) is 3.14. The molecule has 3 N–H and O–H groups in total. The highest BCUT2D eigenvalue weighted by molar-refractivity contribution is 6.35. The van der Waals surface area contributed by atoms with E-state index in [1.165, 1.54) is 0 Å². The summed E-state index contributed by atoms with van der Waals surface area (Å²) in [6, 6.07) is 13.1. The summed E-state index contributed by atoms with van der Waals surface area (Å²) in [6.07, 6.45) is 1.72. The predicted molar refractivity (Wildman–Crippen MR) is 120 cm³/mol. The van der Waals surface area contributed by atoms with Gasteiger partial charge in [-0.2, -0.15) is 0 Å². The van der Waals surface area contributed by atoms with E-state index in [1.807, 2.05) is 43.3 Å². The number of benzene rings is 2. The van der Waals surface area contributed by atoms with Gasteiger partial charge in [-0.3, -0.25) is 9.69 Å². The van der Waals surface area contributed by atoms with Gasteiger partial charge in [-0.15, -0.1) is 0 Å². The Kier molecular flexibility index (Phi) is 5.91. The van der Waals surface area contributed by atoms with Gasteiger partial charge in [-0.1, -0.05) is 47.5 Å². The molecule has 8 heteroatoms. The molecule has 1 atom stereocenters. The zero-order valence-electron chi connectivity index (χ0n) is 16.7. The molecule has 2 heterocycles. The van der Waals surface area contributed by atoms with Crippen LogP contribution in [-0.4, -0.2) is 36.0 Å². The number of aliphatic imine (C=N–C) groups is 1. The average Bonchev–Trinajstić information content (AvgIpc) is 2.71. The Balaban J connectivity index is 1.66. The summed E-state index contributed by atoms with van der Waals surface area (Å²) in [5.41, 5.74) is 7.61. The van der Waals surface area contributed by atoms with Crippen molar-refractivity contribution in [3.05, 3.63) is 58.1 Å². The van der Waals surface area contributed by atoms with Crippen LogP contribution < -0.4 is 11.1 Å². The molecule has 4 rings (SSSR count). The molecule has 2 aliphatic rings. The number of nitrogens with zero attached hydrogens (tertiary/aromatic N) is 2. The third-order valence-electron chi connectivity index (χ3n) is 5.65. The Morgan fingerprint density at radius 1 is 1.13 bits per heavy atom. The van der Waals surface area contributed by atoms with Crippen molar-refractivity contribution in [2.75, 3.05) is 18.5 Å². The van der Waals surface area contributed by atoms with Crippen LogP contribution in [0.4, 0.5) is 11.4 Å². The molecule has 0 radical (unpaired) electrons. The van der Waals surface area contributed by atoms with Gasteiger partial charge in [0.2, 0.25) is 5.91 Å². The zero-order valence-corrected chi connectivity index (χ0v) is 18.2. The Morgan fingerprint density at radius 3 is 2.53 bits per heavy atom. The number of rotatable bonds is 4. The summed E-state index contributed by atoms with van der Waals surface area (Å²) in [4.78, 5) is 19.4. The van der Waals surface area contributed by atoms with Crippen LogP contribution in [0.1, 0.15) is 31.7 Å². The van der Waals surface area contributed by atoms with Crippen molar-refractivity contribution in [2.45, 2.75) is 37.8 Å². The number of halogens is 2. The Morgan fingerprint density at radius 2 is 1.83 bits per heavy atom. The van der Waals surface area contributed by atoms with E-state index in [0.29, 0.717) is 28.9 Å². The molecule has 0 unspecified atom stereocenters. The fraction of sp³-hybridized carbons (Fsp3) is 0.364. The van der Waals surface area contributed by atoms with Gasteiger partial charge in [0.25, 0.3) is 0 Å². The summed E-state index contributed by atoms with van der Waals surface area (Å²) >= 11 is 13.0. The predicted octanol–water partition coefficient (Wildman–Crippen LogP) is 4.68. The van der Waals surface area contributed by atoms with E-state index in [9.17, 15) is 4.79 Å². The number of guanidine groups is 1. The maximum absolute atomic E-state index is 13.1. The number of para-hydroxylation sites is 1. The lowest BCUT2D eigenvalue weighted by Crippen LogP contribution is -2.55. The lowest BCUT2D eigenvalue weighted by molar-refractivity contribution is -0.132. The van der Waals surface area contributed by atoms with Crippen molar-refractivity contribution >= 4 is 46.4 Å². The van der Waals surface area contributed by atoms with Crippen LogP contribution in [0.5, 0.6) is 0 Å². The van der Waals surface area contributed by atoms with Crippen LogP contribution in [-0.2, 0) is 15.1 Å². The number of anilines is 2. The molecule has 0 bridgehead atoms. The standard InChI is InChI=1S/C22H24Cl2N4O2/c1-22(13-19(29)28(21(25)27-22)14-9-11-30-12-10-14)15-5-4-8-18(20(15)24)26-17-7-3-2-6-16(17)23/h2-8,14,26H,9-13H2,1H3,(H2,25,27)/t22-/m0/s1. The van der Waals surface area contributed by atoms with Gasteiger partial charge in [0.05, 0.1) is 33.4 Å². The number of carbonyl (C=O) groups excluding carboxylic acids is 1. The highest BCUT2D eigenvalue weighted by atomic mass is 35.5. The second kappa shape index (κ2) is 8.46. The molecule has 6 nitrogen and oxygen atoms in total. The first-order valence-electron chi connectivity index (χ1n) is 9.95. The van der Waals surface area contributed by atoms with Crippen molar-refractivity contribution < 1.29 is 9.53 Å². The molecular formula is C22H24Cl2N4O2. The average molecular weight is 447 g/mol. The summed E-state index contributed by atoms with van der Waals surface area (Å²) in [7, 11) is 0. The van der Waals surface area contributed by atoms with Crippen molar-refractivity contribution in [1.29, 1.82) is 0 Å². The fourth-order valence-electron chi connectivity index (χ4n) is 4.10. The first-order valence-corrected chi connectivity index (χ1v) is 10.7. The zero-order chi connectivity index (χ0) is 21.3. The van der Waals surface area contributed by atoms with Crippen LogP contribution in [0.25, 0.3) is 0 Å². The normalized spacial score (nSPS) is 22.7. The maximum atomic E-state index is 13.1. The fourth-order valence-corrected chi connectivity index (χ4v) is 4.66. The highest BCUT2D eigenvalue weighted by Gasteiger charge is 2.41. The van der Waals surface area contributed by atoms with Crippen LogP contribution >= 0.6 is 23.2 Å². The van der Waals surface area contributed by atoms with Crippen molar-refractivity contribution in [3.8, 4) is 0 Å². The first kappa shape index (κ1) is 21.0. The van der Waals surface area contributed by atoms with Crippen molar-refractivity contribution in [2.24, 2.45) is 10.7 Å². The van der Waals surface area contributed by atoms with Gasteiger partial charge in [0.1, 0.15) is 0 Å². The molecule has 2 aromatic rings. The van der Waals surface area contributed by atoms with E-state index in [-0.39, 0.29) is 24.3 Å². The molecule has 0 aromatic heterocycles. The largest absolute Gasteiger partial charge is 0.381 e. The quantitative estimate of drug-likeness (QED) is 0.714. The highest BCUT2D eigenvalue weighted by Crippen LogP contribution is 2.41. The van der Waals surface area contributed by atoms with Crippen molar-refractivity contribution in [1.82, 2.24) is 4.90 Å². The first-order chi connectivity index (χ1) is 14.4. The van der Waals surface area contributed by atoms with E-state index >= 15 is 0 Å². The number of hydrogen-bond donors (Lipinski definition) is 2. The monoisotopic (exact) mass is 446 g/mol. The van der Waals surface area contributed by atoms with E-state index in [2.05, 4.69) is 5.32 Å². The number of amides is 1. The Bertz CT molecular complexity index is 991. The van der Waals surface area contributed by atoms with Gasteiger partial charge in [-0.25, -0.2) is 4.99 Å². The minimum absolute atomic E-state index is 0.0308. The number of hydrogen-bond acceptors (Lipinski definition) is 5. The molecule has 2 aromatic carbocycles. The minimum Gasteiger partial charge on any atom is -0.381 e. The molecule has 30 heavy (non-hydrogen) atoms. The summed E-state index contributed by atoms with van der Waals surface area (Å²) < 4.78 is 5.40. The third-order valence-corrected chi connectivity index (χ3v) is 6.39. The topological polar surface area (TPSA) is 80.0 Å². The van der Waals surface area contributed by atoms with Crippen LogP contribution in [0, 0.1) is 0 Å². The maximum Gasteiger partial charge on any atom is 0.232 e. The van der Waals surface area contributed by atoms with Gasteiger partial charge < -0.3 is 15.8 Å². The van der Waals surface area contributed by atoms with E-state index in [0.717, 1.165) is 24.1 Å². The number of ether oxygens (including phenoxy) is 1. The minimum atomic E-state index is -0.849. The lowest BCUT2D eigenvalue weighted by atomic mass is 9.86. The van der Waals surface area contributed by atoms with E-state index in [1.54, 1.807) is 11.0 Å². The van der Waals surface area contributed by atoms with E-state index in [4.69, 9.17) is 38.7 Å². The smallest absolute Gasteiger partial charge is 0.232 e. The molecule has 0 spiro atoms. The van der Waals surface area contributed by atoms with Crippen LogP contribution in [0.15, 0.2) is 47.5 Å². The number of carbonyl (C=O) groups is 1. The molecular weight excluding hydrogens is 423 g/mol. The molecule has 2 aliphatic heterocycles. The molecule has 158 valence electrons. The van der Waals surface area contributed by atoms with Gasteiger partial charge in [-0.05, 0) is 38.0 Å². The van der Waals surface area contributed by atoms with E-state index < -0.39 is 5.54 Å². The Hall–Kier alpha value is -2.28. The second-order valence-corrected chi connectivity index (χ2v) is 8.59. The van der Waals surface area contributed by atoms with Crippen molar-refractivity contribution in [3.63, 3.8) is 0 Å². The van der Waals surface area contributed by atoms with Gasteiger partial charge in [0.15, 0.2) is 5.96 Å². The molecule has 1 amide bonds. The SMILES string of the molecule is C[C@@]1(c2cccc(Nc3ccccc3Cl)c2Cl)CC(=O)N(C2CCOCC2)C(N)=N1. The molecule has 0 saturated carbocycles. The lowest BCUT2D eigenvalue weighted by Gasteiger charge is -2.40. The Labute approximate surface area is 186 Å². The summed E-state index contributed by atoms with van der Waals surface area (Å²) in [5.74, 6) is 0.193. The van der Waals surface area contributed by atoms with Gasteiger partial charge in [0, 0.05) is 24.8 Å². The van der Waals surface area contributed by atoms with Crippen LogP contribution in [0.2, 0.25) is 10.0 Å². The van der Waals surface area contributed by atoms with Crippen LogP contribution in [0.3, 0.4) is 0 Å². The molecule has 1 saturated heterocycles. The third kappa shape index (κ3) is 4.00. The molecule has 0 aliphatic carbocycles. The summed E-state index contributed by atoms with van der Waals surface area (Å²) in [5, 5.41) is 4.35. The number of nitrogens with two attached hydrogens (primary N) is 1.